The molecule has 21 heavy (non-hydrogen) atoms. The van der Waals surface area contributed by atoms with E-state index in [9.17, 15) is 4.39 Å². The fourth-order valence-corrected chi connectivity index (χ4v) is 2.63. The highest BCUT2D eigenvalue weighted by Crippen LogP contribution is 2.23. The number of aromatic nitrogens is 3. The molecule has 0 radical (unpaired) electrons. The molecule has 0 fully saturated rings. The SMILES string of the molecule is Cc1cc2c(cc1F)nc(CCl)n2Cc1ccncc1C. The van der Waals surface area contributed by atoms with Crippen molar-refractivity contribution in [1.82, 2.24) is 14.5 Å². The maximum absolute atomic E-state index is 13.7. The van der Waals surface area contributed by atoms with Gasteiger partial charge in [-0.05, 0) is 42.7 Å². The van der Waals surface area contributed by atoms with Crippen LogP contribution in [0.25, 0.3) is 11.0 Å². The lowest BCUT2D eigenvalue weighted by Gasteiger charge is -2.10. The number of fused-ring (bicyclic) bond motifs is 1. The van der Waals surface area contributed by atoms with Crippen LogP contribution in [-0.4, -0.2) is 14.5 Å². The second kappa shape index (κ2) is 5.45. The number of benzene rings is 1. The Bertz CT molecular complexity index is 811. The van der Waals surface area contributed by atoms with Crippen molar-refractivity contribution >= 4 is 22.6 Å². The maximum Gasteiger partial charge on any atom is 0.128 e. The van der Waals surface area contributed by atoms with E-state index in [1.54, 1.807) is 13.1 Å². The number of hydrogen-bond donors (Lipinski definition) is 0. The van der Waals surface area contributed by atoms with Gasteiger partial charge in [0.05, 0.1) is 16.9 Å². The van der Waals surface area contributed by atoms with Gasteiger partial charge in [0.25, 0.3) is 0 Å². The molecule has 0 N–H and O–H groups in total. The van der Waals surface area contributed by atoms with Crippen LogP contribution in [0.3, 0.4) is 0 Å². The Morgan fingerprint density at radius 3 is 2.76 bits per heavy atom. The number of nitrogens with zero attached hydrogens (tertiary/aromatic N) is 3. The minimum atomic E-state index is -0.242. The second-order valence-electron chi connectivity index (χ2n) is 5.14. The normalized spacial score (nSPS) is 11.2. The number of halogens is 2. The van der Waals surface area contributed by atoms with Crippen molar-refractivity contribution in [2.24, 2.45) is 0 Å². The highest BCUT2D eigenvalue weighted by molar-refractivity contribution is 6.16. The van der Waals surface area contributed by atoms with Crippen LogP contribution in [0.15, 0.2) is 30.6 Å². The molecule has 0 saturated heterocycles. The van der Waals surface area contributed by atoms with Gasteiger partial charge in [-0.15, -0.1) is 11.6 Å². The van der Waals surface area contributed by atoms with Gasteiger partial charge in [-0.1, -0.05) is 0 Å². The molecule has 3 nitrogen and oxygen atoms in total. The van der Waals surface area contributed by atoms with E-state index in [0.29, 0.717) is 23.5 Å². The molecule has 3 rings (SSSR count). The summed E-state index contributed by atoms with van der Waals surface area (Å²) in [5, 5.41) is 0. The van der Waals surface area contributed by atoms with Crippen molar-refractivity contribution in [2.75, 3.05) is 0 Å². The van der Waals surface area contributed by atoms with Crippen LogP contribution < -0.4 is 0 Å². The van der Waals surface area contributed by atoms with Gasteiger partial charge < -0.3 is 4.57 Å². The lowest BCUT2D eigenvalue weighted by Crippen LogP contribution is -2.05. The van der Waals surface area contributed by atoms with Crippen LogP contribution in [0.4, 0.5) is 4.39 Å². The minimum Gasteiger partial charge on any atom is -0.322 e. The molecule has 2 heterocycles. The predicted molar refractivity (Wildman–Crippen MR) is 82.1 cm³/mol. The average Bonchev–Trinajstić information content (AvgIpc) is 2.79. The van der Waals surface area contributed by atoms with Crippen molar-refractivity contribution < 1.29 is 4.39 Å². The van der Waals surface area contributed by atoms with E-state index in [1.807, 2.05) is 29.8 Å². The largest absolute Gasteiger partial charge is 0.322 e. The first kappa shape index (κ1) is 14.0. The fourth-order valence-electron chi connectivity index (χ4n) is 2.43. The molecule has 0 aliphatic rings. The average molecular weight is 304 g/mol. The van der Waals surface area contributed by atoms with Gasteiger partial charge in [0.15, 0.2) is 0 Å². The lowest BCUT2D eigenvalue weighted by molar-refractivity contribution is 0.620. The van der Waals surface area contributed by atoms with E-state index in [0.717, 1.165) is 22.5 Å². The van der Waals surface area contributed by atoms with Crippen molar-refractivity contribution in [3.05, 3.63) is 58.9 Å². The van der Waals surface area contributed by atoms with Crippen LogP contribution >= 0.6 is 11.6 Å². The summed E-state index contributed by atoms with van der Waals surface area (Å²) >= 11 is 6.00. The molecule has 1 aromatic carbocycles. The molecule has 108 valence electrons. The molecule has 0 unspecified atom stereocenters. The third-order valence-corrected chi connectivity index (χ3v) is 3.93. The highest BCUT2D eigenvalue weighted by atomic mass is 35.5. The van der Waals surface area contributed by atoms with Crippen molar-refractivity contribution in [2.45, 2.75) is 26.3 Å². The standard InChI is InChI=1S/C16H15ClFN3/c1-10-5-15-14(6-13(10)18)20-16(7-17)21(15)9-12-3-4-19-8-11(12)2/h3-6,8H,7,9H2,1-2H3. The van der Waals surface area contributed by atoms with Crippen molar-refractivity contribution in [3.8, 4) is 0 Å². The number of hydrogen-bond acceptors (Lipinski definition) is 2. The fraction of sp³-hybridized carbons (Fsp3) is 0.250. The van der Waals surface area contributed by atoms with Gasteiger partial charge in [-0.3, -0.25) is 4.98 Å². The smallest absolute Gasteiger partial charge is 0.128 e. The van der Waals surface area contributed by atoms with Crippen LogP contribution in [-0.2, 0) is 12.4 Å². The van der Waals surface area contributed by atoms with Gasteiger partial charge in [-0.25, -0.2) is 9.37 Å². The summed E-state index contributed by atoms with van der Waals surface area (Å²) in [6.07, 6.45) is 3.60. The van der Waals surface area contributed by atoms with E-state index >= 15 is 0 Å². The molecule has 0 spiro atoms. The minimum absolute atomic E-state index is 0.242. The first-order valence-electron chi connectivity index (χ1n) is 6.71. The zero-order chi connectivity index (χ0) is 15.0. The maximum atomic E-state index is 13.7. The van der Waals surface area contributed by atoms with Gasteiger partial charge in [0.1, 0.15) is 11.6 Å². The third-order valence-electron chi connectivity index (χ3n) is 3.69. The van der Waals surface area contributed by atoms with Crippen LogP contribution in [0, 0.1) is 19.7 Å². The van der Waals surface area contributed by atoms with Crippen LogP contribution in [0.1, 0.15) is 22.5 Å². The first-order valence-corrected chi connectivity index (χ1v) is 7.24. The Morgan fingerprint density at radius 2 is 2.05 bits per heavy atom. The molecule has 0 bridgehead atoms. The summed E-state index contributed by atoms with van der Waals surface area (Å²) in [5.74, 6) is 0.792. The first-order chi connectivity index (χ1) is 10.1. The van der Waals surface area contributed by atoms with Gasteiger partial charge >= 0.3 is 0 Å². The molecule has 5 heteroatoms. The highest BCUT2D eigenvalue weighted by Gasteiger charge is 2.13. The summed E-state index contributed by atoms with van der Waals surface area (Å²) in [6.45, 7) is 4.43. The van der Waals surface area contributed by atoms with Gasteiger partial charge in [0.2, 0.25) is 0 Å². The van der Waals surface area contributed by atoms with E-state index in [-0.39, 0.29) is 5.82 Å². The number of aryl methyl sites for hydroxylation is 2. The van der Waals surface area contributed by atoms with Gasteiger partial charge in [0, 0.05) is 25.0 Å². The molecule has 0 amide bonds. The molecule has 0 saturated carbocycles. The third kappa shape index (κ3) is 2.51. The molecular weight excluding hydrogens is 289 g/mol. The molecule has 2 aromatic heterocycles. The second-order valence-corrected chi connectivity index (χ2v) is 5.41. The molecule has 0 aliphatic heterocycles. The number of imidazole rings is 1. The van der Waals surface area contributed by atoms with E-state index in [1.165, 1.54) is 6.07 Å². The Morgan fingerprint density at radius 1 is 1.24 bits per heavy atom. The van der Waals surface area contributed by atoms with Crippen molar-refractivity contribution in [3.63, 3.8) is 0 Å². The monoisotopic (exact) mass is 303 g/mol. The topological polar surface area (TPSA) is 30.7 Å². The van der Waals surface area contributed by atoms with Crippen LogP contribution in [0.2, 0.25) is 0 Å². The quantitative estimate of drug-likeness (QED) is 0.685. The summed E-state index contributed by atoms with van der Waals surface area (Å²) in [5.41, 5.74) is 4.41. The zero-order valence-corrected chi connectivity index (χ0v) is 12.7. The molecule has 0 atom stereocenters. The van der Waals surface area contributed by atoms with Gasteiger partial charge in [-0.2, -0.15) is 0 Å². The van der Waals surface area contributed by atoms with Crippen LogP contribution in [0.5, 0.6) is 0 Å². The molecule has 3 aromatic rings. The number of alkyl halides is 1. The summed E-state index contributed by atoms with van der Waals surface area (Å²) in [6, 6.07) is 5.27. The number of pyridine rings is 1. The summed E-state index contributed by atoms with van der Waals surface area (Å²) < 4.78 is 15.7. The Hall–Kier alpha value is -1.94. The summed E-state index contributed by atoms with van der Waals surface area (Å²) in [4.78, 5) is 8.54. The Balaban J connectivity index is 2.16. The van der Waals surface area contributed by atoms with E-state index in [2.05, 4.69) is 9.97 Å². The number of rotatable bonds is 3. The zero-order valence-electron chi connectivity index (χ0n) is 11.9. The lowest BCUT2D eigenvalue weighted by atomic mass is 10.1. The molecule has 0 aliphatic carbocycles. The van der Waals surface area contributed by atoms with Crippen molar-refractivity contribution in [1.29, 1.82) is 0 Å². The molecular formula is C16H15ClFN3. The Labute approximate surface area is 127 Å². The predicted octanol–water partition coefficient (Wildman–Crippen LogP) is 3.97. The summed E-state index contributed by atoms with van der Waals surface area (Å²) in [7, 11) is 0. The van der Waals surface area contributed by atoms with E-state index in [4.69, 9.17) is 11.6 Å². The van der Waals surface area contributed by atoms with E-state index < -0.39 is 0 Å². The Kier molecular flexibility index (Phi) is 3.64.